The van der Waals surface area contributed by atoms with E-state index >= 15 is 0 Å². The van der Waals surface area contributed by atoms with Crippen LogP contribution < -0.4 is 0 Å². The highest BCUT2D eigenvalue weighted by Gasteiger charge is 2.69. The van der Waals surface area contributed by atoms with Gasteiger partial charge < -0.3 is 13.9 Å². The van der Waals surface area contributed by atoms with Crippen molar-refractivity contribution in [2.24, 2.45) is 11.3 Å². The van der Waals surface area contributed by atoms with Crippen molar-refractivity contribution >= 4 is 8.32 Å². The third-order valence-electron chi connectivity index (χ3n) is 7.65. The van der Waals surface area contributed by atoms with E-state index in [0.29, 0.717) is 19.1 Å². The molecule has 1 unspecified atom stereocenters. The third-order valence-corrected chi connectivity index (χ3v) is 12.3. The van der Waals surface area contributed by atoms with Crippen molar-refractivity contribution in [3.8, 4) is 0 Å². The molecule has 4 rings (SSSR count). The molecule has 0 aromatic heterocycles. The standard InChI is InChI=1S/C23H42O4Si/c1-6-10-11-14-17-22-24-18-21(5,19-25-22)23(26-22,20-15-12-13-16-20)27-28(7-2,8-3)9-4/h6,10,20H,7-9,11-19H2,1-5H3. The maximum Gasteiger partial charge on any atom is 0.285 e. The Morgan fingerprint density at radius 1 is 1.04 bits per heavy atom. The van der Waals surface area contributed by atoms with E-state index in [1.807, 2.05) is 0 Å². The van der Waals surface area contributed by atoms with Gasteiger partial charge in [-0.05, 0) is 57.7 Å². The van der Waals surface area contributed by atoms with E-state index in [1.165, 1.54) is 25.7 Å². The van der Waals surface area contributed by atoms with Crippen LogP contribution in [0.1, 0.15) is 79.6 Å². The number of unbranched alkanes of at least 4 members (excludes halogenated alkanes) is 1. The molecule has 2 bridgehead atoms. The zero-order valence-electron chi connectivity index (χ0n) is 18.9. The van der Waals surface area contributed by atoms with Crippen LogP contribution in [0.2, 0.25) is 18.1 Å². The molecule has 3 aliphatic heterocycles. The van der Waals surface area contributed by atoms with Gasteiger partial charge in [-0.3, -0.25) is 4.74 Å². The van der Waals surface area contributed by atoms with Gasteiger partial charge in [0.25, 0.3) is 5.97 Å². The first-order valence-electron chi connectivity index (χ1n) is 11.7. The van der Waals surface area contributed by atoms with E-state index in [2.05, 4.69) is 46.8 Å². The second kappa shape index (κ2) is 8.89. The first-order valence-corrected chi connectivity index (χ1v) is 14.2. The first kappa shape index (κ1) is 22.5. The maximum atomic E-state index is 7.33. The van der Waals surface area contributed by atoms with Crippen LogP contribution in [0.3, 0.4) is 0 Å². The topological polar surface area (TPSA) is 36.9 Å². The molecule has 4 aliphatic rings. The lowest BCUT2D eigenvalue weighted by molar-refractivity contribution is -0.552. The lowest BCUT2D eigenvalue weighted by Crippen LogP contribution is -2.75. The summed E-state index contributed by atoms with van der Waals surface area (Å²) in [6.45, 7) is 12.6. The van der Waals surface area contributed by atoms with Gasteiger partial charge in [0.15, 0.2) is 14.1 Å². The van der Waals surface area contributed by atoms with Crippen molar-refractivity contribution in [3.05, 3.63) is 12.2 Å². The Morgan fingerprint density at radius 2 is 1.64 bits per heavy atom. The summed E-state index contributed by atoms with van der Waals surface area (Å²) in [7, 11) is -1.85. The average Bonchev–Trinajstić information content (AvgIpc) is 3.27. The van der Waals surface area contributed by atoms with E-state index in [-0.39, 0.29) is 5.41 Å². The van der Waals surface area contributed by atoms with Crippen molar-refractivity contribution in [2.45, 2.75) is 109 Å². The van der Waals surface area contributed by atoms with Gasteiger partial charge in [0.05, 0.1) is 18.6 Å². The van der Waals surface area contributed by atoms with Gasteiger partial charge in [-0.1, -0.05) is 45.8 Å². The largest absolute Gasteiger partial charge is 0.389 e. The number of rotatable bonds is 10. The number of fused-ring (bicyclic) bond motifs is 3. The Labute approximate surface area is 173 Å². The number of hydrogen-bond donors (Lipinski definition) is 0. The Balaban J connectivity index is 1.93. The molecule has 3 heterocycles. The predicted molar refractivity (Wildman–Crippen MR) is 115 cm³/mol. The SMILES string of the molecule is CC=CCCCC12OCC(C)(CO1)C(O[Si](CC)(CC)CC)(C1CCCC1)O2. The van der Waals surface area contributed by atoms with E-state index in [4.69, 9.17) is 18.6 Å². The Morgan fingerprint density at radius 3 is 2.18 bits per heavy atom. The fraction of sp³-hybridized carbons (Fsp3) is 0.913. The summed E-state index contributed by atoms with van der Waals surface area (Å²) >= 11 is 0. The number of hydrogen-bond acceptors (Lipinski definition) is 4. The molecule has 0 radical (unpaired) electrons. The Hall–Kier alpha value is -0.203. The molecule has 1 aliphatic carbocycles. The summed E-state index contributed by atoms with van der Waals surface area (Å²) in [6, 6.07) is 3.43. The van der Waals surface area contributed by atoms with E-state index < -0.39 is 20.1 Å². The minimum Gasteiger partial charge on any atom is -0.389 e. The monoisotopic (exact) mass is 410 g/mol. The summed E-state index contributed by atoms with van der Waals surface area (Å²) < 4.78 is 26.8. The molecule has 0 aromatic rings. The third kappa shape index (κ3) is 3.90. The molecule has 1 saturated carbocycles. The van der Waals surface area contributed by atoms with Crippen LogP contribution in [-0.4, -0.2) is 33.3 Å². The molecule has 3 saturated heterocycles. The zero-order valence-corrected chi connectivity index (χ0v) is 19.9. The van der Waals surface area contributed by atoms with Crippen molar-refractivity contribution < 1.29 is 18.6 Å². The Bertz CT molecular complexity index is 522. The van der Waals surface area contributed by atoms with Crippen LogP contribution in [0, 0.1) is 11.3 Å². The average molecular weight is 411 g/mol. The molecule has 0 spiro atoms. The molecule has 28 heavy (non-hydrogen) atoms. The lowest BCUT2D eigenvalue weighted by Gasteiger charge is -2.64. The van der Waals surface area contributed by atoms with Crippen LogP contribution in [0.4, 0.5) is 0 Å². The van der Waals surface area contributed by atoms with Gasteiger partial charge in [0.1, 0.15) is 0 Å². The maximum absolute atomic E-state index is 7.33. The van der Waals surface area contributed by atoms with Crippen LogP contribution in [0.15, 0.2) is 12.2 Å². The first-order chi connectivity index (χ1) is 13.4. The second-order valence-electron chi connectivity index (χ2n) is 9.38. The molecule has 4 fully saturated rings. The highest BCUT2D eigenvalue weighted by Crippen LogP contribution is 2.59. The molecule has 1 atom stereocenters. The summed E-state index contributed by atoms with van der Waals surface area (Å²) in [5.41, 5.74) is -0.231. The number of ether oxygens (including phenoxy) is 3. The minimum absolute atomic E-state index is 0.231. The van der Waals surface area contributed by atoms with Gasteiger partial charge in [0.2, 0.25) is 0 Å². The van der Waals surface area contributed by atoms with Crippen molar-refractivity contribution in [1.82, 2.24) is 0 Å². The highest BCUT2D eigenvalue weighted by atomic mass is 28.4. The molecular formula is C23H42O4Si. The van der Waals surface area contributed by atoms with Crippen molar-refractivity contribution in [2.75, 3.05) is 13.2 Å². The van der Waals surface area contributed by atoms with E-state index in [0.717, 1.165) is 37.4 Å². The van der Waals surface area contributed by atoms with Crippen molar-refractivity contribution in [3.63, 3.8) is 0 Å². The summed E-state index contributed by atoms with van der Waals surface area (Å²) in [4.78, 5) is 0. The van der Waals surface area contributed by atoms with Gasteiger partial charge >= 0.3 is 0 Å². The summed E-state index contributed by atoms with van der Waals surface area (Å²) in [5.74, 6) is -1.01. The second-order valence-corrected chi connectivity index (χ2v) is 14.1. The molecule has 5 heteroatoms. The number of allylic oxidation sites excluding steroid dienone is 2. The van der Waals surface area contributed by atoms with Crippen LogP contribution in [0.25, 0.3) is 0 Å². The summed E-state index contributed by atoms with van der Waals surface area (Å²) in [5, 5.41) is 0. The zero-order chi connectivity index (χ0) is 20.3. The molecule has 0 amide bonds. The van der Waals surface area contributed by atoms with Crippen LogP contribution in [0.5, 0.6) is 0 Å². The fourth-order valence-electron chi connectivity index (χ4n) is 5.43. The highest BCUT2D eigenvalue weighted by molar-refractivity contribution is 6.73. The van der Waals surface area contributed by atoms with E-state index in [1.54, 1.807) is 0 Å². The van der Waals surface area contributed by atoms with Crippen molar-refractivity contribution in [1.29, 1.82) is 0 Å². The van der Waals surface area contributed by atoms with Gasteiger partial charge in [-0.2, -0.15) is 0 Å². The molecule has 4 nitrogen and oxygen atoms in total. The molecule has 0 N–H and O–H groups in total. The van der Waals surface area contributed by atoms with Gasteiger partial charge in [0, 0.05) is 12.3 Å². The van der Waals surface area contributed by atoms with Gasteiger partial charge in [-0.25, -0.2) is 0 Å². The smallest absolute Gasteiger partial charge is 0.285 e. The van der Waals surface area contributed by atoms with Crippen LogP contribution >= 0.6 is 0 Å². The lowest BCUT2D eigenvalue weighted by atomic mass is 9.72. The normalized spacial score (nSPS) is 36.6. The summed E-state index contributed by atoms with van der Waals surface area (Å²) in [6.07, 6.45) is 12.1. The quantitative estimate of drug-likeness (QED) is 0.238. The van der Waals surface area contributed by atoms with Gasteiger partial charge in [-0.15, -0.1) is 0 Å². The van der Waals surface area contributed by atoms with Crippen LogP contribution in [-0.2, 0) is 18.6 Å². The molecule has 162 valence electrons. The predicted octanol–water partition coefficient (Wildman–Crippen LogP) is 6.38. The Kier molecular flexibility index (Phi) is 7.13. The minimum atomic E-state index is -1.85. The molecule has 0 aromatic carbocycles. The van der Waals surface area contributed by atoms with E-state index in [9.17, 15) is 0 Å². The fourth-order valence-corrected chi connectivity index (χ4v) is 8.46. The molecular weight excluding hydrogens is 368 g/mol.